The zero-order valence-corrected chi connectivity index (χ0v) is 16.2. The number of carbonyl (C=O) groups excluding carboxylic acids is 4. The van der Waals surface area contributed by atoms with Gasteiger partial charge in [0.15, 0.2) is 11.9 Å². The van der Waals surface area contributed by atoms with Gasteiger partial charge in [0.1, 0.15) is 11.3 Å². The molecular formula is C21H21N3O5. The highest BCUT2D eigenvalue weighted by molar-refractivity contribution is 6.07. The van der Waals surface area contributed by atoms with E-state index in [0.717, 1.165) is 0 Å². The second-order valence-corrected chi connectivity index (χ2v) is 6.95. The van der Waals surface area contributed by atoms with Crippen LogP contribution in [0.25, 0.3) is 0 Å². The first-order valence-electron chi connectivity index (χ1n) is 9.02. The number of urea groups is 1. The number of amides is 4. The SMILES string of the molecule is CC(=O)c1cccc(OC(C)C(=O)Nc2cccc(C3(C)NC(=O)NC3=O)c2)c1. The Balaban J connectivity index is 1.71. The molecule has 0 saturated carbocycles. The molecule has 4 amide bonds. The summed E-state index contributed by atoms with van der Waals surface area (Å²) >= 11 is 0. The van der Waals surface area contributed by atoms with Crippen molar-refractivity contribution in [1.29, 1.82) is 0 Å². The van der Waals surface area contributed by atoms with E-state index in [0.29, 0.717) is 22.6 Å². The molecule has 0 bridgehead atoms. The fraction of sp³-hybridized carbons (Fsp3) is 0.238. The van der Waals surface area contributed by atoms with Crippen LogP contribution < -0.4 is 20.7 Å². The van der Waals surface area contributed by atoms with Crippen LogP contribution in [-0.4, -0.2) is 29.7 Å². The van der Waals surface area contributed by atoms with Gasteiger partial charge in [0.05, 0.1) is 0 Å². The number of benzene rings is 2. The molecule has 29 heavy (non-hydrogen) atoms. The van der Waals surface area contributed by atoms with E-state index in [1.807, 2.05) is 0 Å². The Morgan fingerprint density at radius 1 is 1.10 bits per heavy atom. The van der Waals surface area contributed by atoms with Crippen LogP contribution in [0.4, 0.5) is 10.5 Å². The van der Waals surface area contributed by atoms with Crippen molar-refractivity contribution in [3.05, 3.63) is 59.7 Å². The van der Waals surface area contributed by atoms with Crippen molar-refractivity contribution >= 4 is 29.3 Å². The number of Topliss-reactive ketones (excluding diaryl/α,β-unsaturated/α-hetero) is 1. The maximum absolute atomic E-state index is 12.5. The lowest BCUT2D eigenvalue weighted by Gasteiger charge is -2.22. The van der Waals surface area contributed by atoms with Crippen molar-refractivity contribution in [3.8, 4) is 5.75 Å². The summed E-state index contributed by atoms with van der Waals surface area (Å²) in [5, 5.41) is 7.52. The lowest BCUT2D eigenvalue weighted by Crippen LogP contribution is -2.40. The van der Waals surface area contributed by atoms with Crippen molar-refractivity contribution in [2.24, 2.45) is 0 Å². The van der Waals surface area contributed by atoms with Crippen molar-refractivity contribution in [3.63, 3.8) is 0 Å². The average molecular weight is 395 g/mol. The molecule has 8 nitrogen and oxygen atoms in total. The number of hydrogen-bond acceptors (Lipinski definition) is 5. The first kappa shape index (κ1) is 20.1. The smallest absolute Gasteiger partial charge is 0.322 e. The lowest BCUT2D eigenvalue weighted by molar-refractivity contribution is -0.123. The van der Waals surface area contributed by atoms with Gasteiger partial charge in [0.2, 0.25) is 0 Å². The Hall–Kier alpha value is -3.68. The van der Waals surface area contributed by atoms with Gasteiger partial charge in [-0.15, -0.1) is 0 Å². The van der Waals surface area contributed by atoms with Crippen molar-refractivity contribution in [2.75, 3.05) is 5.32 Å². The highest BCUT2D eigenvalue weighted by atomic mass is 16.5. The summed E-state index contributed by atoms with van der Waals surface area (Å²) in [7, 11) is 0. The van der Waals surface area contributed by atoms with E-state index in [4.69, 9.17) is 4.74 Å². The summed E-state index contributed by atoms with van der Waals surface area (Å²) < 4.78 is 5.63. The standard InChI is InChI=1S/C21H21N3O5/c1-12(25)14-6-4-9-17(10-14)29-13(2)18(26)22-16-8-5-7-15(11-16)21(3)19(27)23-20(28)24-21/h4-11,13H,1-3H3,(H,22,26)(H2,23,24,27,28). The maximum Gasteiger partial charge on any atom is 0.322 e. The minimum Gasteiger partial charge on any atom is -0.481 e. The highest BCUT2D eigenvalue weighted by Crippen LogP contribution is 2.26. The predicted molar refractivity (Wildman–Crippen MR) is 106 cm³/mol. The van der Waals surface area contributed by atoms with Gasteiger partial charge in [-0.1, -0.05) is 24.3 Å². The van der Waals surface area contributed by atoms with Crippen molar-refractivity contribution < 1.29 is 23.9 Å². The first-order valence-corrected chi connectivity index (χ1v) is 9.02. The topological polar surface area (TPSA) is 114 Å². The largest absolute Gasteiger partial charge is 0.481 e. The number of carbonyl (C=O) groups is 4. The van der Waals surface area contributed by atoms with E-state index in [1.165, 1.54) is 6.92 Å². The second kappa shape index (κ2) is 7.75. The number of ketones is 1. The molecule has 1 aliphatic heterocycles. The van der Waals surface area contributed by atoms with Gasteiger partial charge in [0.25, 0.3) is 11.8 Å². The molecule has 1 fully saturated rings. The number of hydrogen-bond donors (Lipinski definition) is 3. The molecule has 3 N–H and O–H groups in total. The minimum absolute atomic E-state index is 0.0964. The van der Waals surface area contributed by atoms with Crippen LogP contribution in [0.15, 0.2) is 48.5 Å². The minimum atomic E-state index is -1.22. The van der Waals surface area contributed by atoms with Crippen LogP contribution in [0, 0.1) is 0 Å². The highest BCUT2D eigenvalue weighted by Gasteiger charge is 2.43. The molecule has 1 heterocycles. The van der Waals surface area contributed by atoms with Crippen molar-refractivity contribution in [1.82, 2.24) is 10.6 Å². The number of rotatable bonds is 6. The molecule has 3 rings (SSSR count). The Morgan fingerprint density at radius 2 is 1.83 bits per heavy atom. The summed E-state index contributed by atoms with van der Waals surface area (Å²) in [6.45, 7) is 4.63. The van der Waals surface area contributed by atoms with Gasteiger partial charge in [-0.3, -0.25) is 19.7 Å². The second-order valence-electron chi connectivity index (χ2n) is 6.95. The monoisotopic (exact) mass is 395 g/mol. The van der Waals surface area contributed by atoms with Crippen LogP contribution in [0.2, 0.25) is 0 Å². The maximum atomic E-state index is 12.5. The number of anilines is 1. The Bertz CT molecular complexity index is 1000. The summed E-state index contributed by atoms with van der Waals surface area (Å²) in [4.78, 5) is 47.6. The van der Waals surface area contributed by atoms with Gasteiger partial charge >= 0.3 is 6.03 Å². The summed E-state index contributed by atoms with van der Waals surface area (Å²) in [5.41, 5.74) is 0.262. The molecule has 0 spiro atoms. The van der Waals surface area contributed by atoms with Gasteiger partial charge in [-0.2, -0.15) is 0 Å². The Kier molecular flexibility index (Phi) is 5.36. The zero-order valence-electron chi connectivity index (χ0n) is 16.2. The average Bonchev–Trinajstić information content (AvgIpc) is 2.94. The number of ether oxygens (including phenoxy) is 1. The lowest BCUT2D eigenvalue weighted by atomic mass is 9.92. The van der Waals surface area contributed by atoms with E-state index in [2.05, 4.69) is 16.0 Å². The van der Waals surface area contributed by atoms with Gasteiger partial charge in [-0.25, -0.2) is 4.79 Å². The fourth-order valence-electron chi connectivity index (χ4n) is 2.94. The fourth-order valence-corrected chi connectivity index (χ4v) is 2.94. The summed E-state index contributed by atoms with van der Waals surface area (Å²) in [6.07, 6.45) is -0.828. The van der Waals surface area contributed by atoms with Gasteiger partial charge in [0, 0.05) is 11.3 Å². The molecule has 1 saturated heterocycles. The van der Waals surface area contributed by atoms with Crippen LogP contribution in [0.1, 0.15) is 36.7 Å². The molecule has 2 aromatic rings. The quantitative estimate of drug-likeness (QED) is 0.513. The van der Waals surface area contributed by atoms with E-state index >= 15 is 0 Å². The molecule has 2 aromatic carbocycles. The molecule has 0 aromatic heterocycles. The molecule has 8 heteroatoms. The van der Waals surface area contributed by atoms with E-state index < -0.39 is 29.5 Å². The van der Waals surface area contributed by atoms with Gasteiger partial charge < -0.3 is 15.4 Å². The van der Waals surface area contributed by atoms with Crippen LogP contribution >= 0.6 is 0 Å². The normalized spacial score (nSPS) is 19.1. The van der Waals surface area contributed by atoms with Crippen molar-refractivity contribution in [2.45, 2.75) is 32.4 Å². The zero-order chi connectivity index (χ0) is 21.2. The molecule has 150 valence electrons. The molecule has 2 atom stereocenters. The third kappa shape index (κ3) is 4.26. The Labute approximate surface area is 167 Å². The molecule has 0 aliphatic carbocycles. The molecule has 0 radical (unpaired) electrons. The van der Waals surface area contributed by atoms with E-state index in [-0.39, 0.29) is 5.78 Å². The van der Waals surface area contributed by atoms with E-state index in [9.17, 15) is 19.2 Å². The van der Waals surface area contributed by atoms with Crippen LogP contribution in [0.5, 0.6) is 5.75 Å². The molecular weight excluding hydrogens is 374 g/mol. The molecule has 1 aliphatic rings. The summed E-state index contributed by atoms with van der Waals surface area (Å²) in [6, 6.07) is 12.7. The first-order chi connectivity index (χ1) is 13.7. The number of nitrogens with one attached hydrogen (secondary N) is 3. The number of imide groups is 1. The molecule has 2 unspecified atom stereocenters. The Morgan fingerprint density at radius 3 is 2.48 bits per heavy atom. The van der Waals surface area contributed by atoms with Crippen LogP contribution in [-0.2, 0) is 15.1 Å². The van der Waals surface area contributed by atoms with Gasteiger partial charge in [-0.05, 0) is 50.6 Å². The predicted octanol–water partition coefficient (Wildman–Crippen LogP) is 2.35. The third-order valence-electron chi connectivity index (χ3n) is 4.67. The third-order valence-corrected chi connectivity index (χ3v) is 4.67. The van der Waals surface area contributed by atoms with Crippen LogP contribution in [0.3, 0.4) is 0 Å². The van der Waals surface area contributed by atoms with E-state index in [1.54, 1.807) is 62.4 Å². The summed E-state index contributed by atoms with van der Waals surface area (Å²) in [5.74, 6) is -0.554.